The number of carbonyl (C=O) groups excluding carboxylic acids is 1. The number of carbonyl (C=O) groups is 1. The Bertz CT molecular complexity index is 346. The van der Waals surface area contributed by atoms with E-state index in [0.29, 0.717) is 17.9 Å². The molecule has 13 heavy (non-hydrogen) atoms. The molecule has 1 N–H and O–H groups in total. The van der Waals surface area contributed by atoms with E-state index in [1.165, 1.54) is 0 Å². The molecule has 0 saturated carbocycles. The second-order valence-corrected chi connectivity index (χ2v) is 3.36. The molecule has 0 bridgehead atoms. The minimum Gasteiger partial charge on any atom is -0.328 e. The van der Waals surface area contributed by atoms with Crippen LogP contribution in [-0.4, -0.2) is 5.91 Å². The van der Waals surface area contributed by atoms with Crippen LogP contribution < -0.4 is 5.32 Å². The molecule has 1 aliphatic heterocycles. The second kappa shape index (κ2) is 3.06. The van der Waals surface area contributed by atoms with Gasteiger partial charge in [-0.25, -0.2) is 0 Å². The van der Waals surface area contributed by atoms with Gasteiger partial charge in [0.25, 0.3) is 0 Å². The molecule has 0 aromatic rings. The lowest BCUT2D eigenvalue weighted by atomic mass is 9.86. The van der Waals surface area contributed by atoms with Crippen molar-refractivity contribution in [1.82, 2.24) is 5.32 Å². The van der Waals surface area contributed by atoms with Crippen LogP contribution in [0.15, 0.2) is 23.4 Å². The first-order valence-corrected chi connectivity index (χ1v) is 4.42. The van der Waals surface area contributed by atoms with Gasteiger partial charge in [0.1, 0.15) is 6.07 Å². The highest BCUT2D eigenvalue weighted by Gasteiger charge is 2.26. The van der Waals surface area contributed by atoms with Gasteiger partial charge in [0.05, 0.1) is 5.57 Å². The van der Waals surface area contributed by atoms with Crippen molar-refractivity contribution in [2.24, 2.45) is 5.92 Å². The number of fused-ring (bicyclic) bond motifs is 1. The van der Waals surface area contributed by atoms with E-state index in [9.17, 15) is 4.79 Å². The molecule has 0 spiro atoms. The van der Waals surface area contributed by atoms with Crippen LogP contribution in [0.3, 0.4) is 0 Å². The van der Waals surface area contributed by atoms with Gasteiger partial charge in [-0.1, -0.05) is 6.08 Å². The zero-order valence-corrected chi connectivity index (χ0v) is 7.21. The quantitative estimate of drug-likeness (QED) is 0.600. The van der Waals surface area contributed by atoms with Crippen molar-refractivity contribution in [2.75, 3.05) is 0 Å². The Kier molecular flexibility index (Phi) is 1.90. The van der Waals surface area contributed by atoms with Crippen molar-refractivity contribution in [3.05, 3.63) is 23.4 Å². The fourth-order valence-electron chi connectivity index (χ4n) is 1.82. The number of nitrogens with zero attached hydrogens (tertiary/aromatic N) is 1. The Morgan fingerprint density at radius 2 is 2.46 bits per heavy atom. The molecule has 1 atom stereocenters. The standard InChI is InChI=1S/C10H10N2O/c11-6-8-3-1-2-7-4-5-9(13)12-10(7)8/h1,3,7H,2,4-5H2,(H,12,13). The summed E-state index contributed by atoms with van der Waals surface area (Å²) in [7, 11) is 0. The average molecular weight is 174 g/mol. The third-order valence-electron chi connectivity index (χ3n) is 2.52. The lowest BCUT2D eigenvalue weighted by Gasteiger charge is -2.27. The molecule has 1 aliphatic carbocycles. The van der Waals surface area contributed by atoms with Gasteiger partial charge in [-0.3, -0.25) is 4.79 Å². The van der Waals surface area contributed by atoms with Crippen LogP contribution >= 0.6 is 0 Å². The van der Waals surface area contributed by atoms with Crippen molar-refractivity contribution in [3.63, 3.8) is 0 Å². The molecule has 1 saturated heterocycles. The van der Waals surface area contributed by atoms with Gasteiger partial charge in [-0.05, 0) is 18.9 Å². The molecule has 3 nitrogen and oxygen atoms in total. The Morgan fingerprint density at radius 3 is 3.23 bits per heavy atom. The molecule has 0 radical (unpaired) electrons. The predicted molar refractivity (Wildman–Crippen MR) is 47.3 cm³/mol. The third-order valence-corrected chi connectivity index (χ3v) is 2.52. The van der Waals surface area contributed by atoms with Gasteiger partial charge < -0.3 is 5.32 Å². The first kappa shape index (κ1) is 8.06. The first-order valence-electron chi connectivity index (χ1n) is 4.42. The molecular weight excluding hydrogens is 164 g/mol. The first-order chi connectivity index (χ1) is 6.31. The SMILES string of the molecule is N#CC1=C2NC(=O)CCC2CC=C1. The molecule has 1 amide bonds. The van der Waals surface area contributed by atoms with Gasteiger partial charge in [-0.2, -0.15) is 5.26 Å². The Morgan fingerprint density at radius 1 is 1.62 bits per heavy atom. The number of nitriles is 1. The van der Waals surface area contributed by atoms with Crippen LogP contribution in [0.25, 0.3) is 0 Å². The fourth-order valence-corrected chi connectivity index (χ4v) is 1.82. The van der Waals surface area contributed by atoms with Gasteiger partial charge in [0, 0.05) is 18.0 Å². The highest BCUT2D eigenvalue weighted by atomic mass is 16.1. The molecule has 2 rings (SSSR count). The molecule has 2 aliphatic rings. The van der Waals surface area contributed by atoms with Gasteiger partial charge in [-0.15, -0.1) is 0 Å². The molecule has 1 unspecified atom stereocenters. The molecule has 1 fully saturated rings. The number of amides is 1. The van der Waals surface area contributed by atoms with E-state index in [0.717, 1.165) is 18.5 Å². The van der Waals surface area contributed by atoms with E-state index in [1.807, 2.05) is 6.08 Å². The molecule has 0 aromatic heterocycles. The van der Waals surface area contributed by atoms with Gasteiger partial charge in [0.15, 0.2) is 0 Å². The summed E-state index contributed by atoms with van der Waals surface area (Å²) in [4.78, 5) is 11.1. The molecule has 1 heterocycles. The number of hydrogen-bond donors (Lipinski definition) is 1. The minimum atomic E-state index is 0.0364. The third kappa shape index (κ3) is 1.35. The highest BCUT2D eigenvalue weighted by molar-refractivity contribution is 5.79. The van der Waals surface area contributed by atoms with E-state index >= 15 is 0 Å². The van der Waals surface area contributed by atoms with E-state index in [2.05, 4.69) is 11.4 Å². The maximum absolute atomic E-state index is 11.1. The summed E-state index contributed by atoms with van der Waals surface area (Å²) in [6.07, 6.45) is 6.19. The summed E-state index contributed by atoms with van der Waals surface area (Å²) < 4.78 is 0. The van der Waals surface area contributed by atoms with Crippen LogP contribution in [0, 0.1) is 17.2 Å². The molecule has 0 aromatic carbocycles. The van der Waals surface area contributed by atoms with Gasteiger partial charge >= 0.3 is 0 Å². The maximum atomic E-state index is 11.1. The van der Waals surface area contributed by atoms with Crippen molar-refractivity contribution in [3.8, 4) is 6.07 Å². The van der Waals surface area contributed by atoms with Crippen LogP contribution in [0.4, 0.5) is 0 Å². The smallest absolute Gasteiger partial charge is 0.224 e. The summed E-state index contributed by atoms with van der Waals surface area (Å²) in [5, 5.41) is 11.6. The maximum Gasteiger partial charge on any atom is 0.224 e. The largest absolute Gasteiger partial charge is 0.328 e. The second-order valence-electron chi connectivity index (χ2n) is 3.36. The van der Waals surface area contributed by atoms with Crippen molar-refractivity contribution in [2.45, 2.75) is 19.3 Å². The monoisotopic (exact) mass is 174 g/mol. The zero-order chi connectivity index (χ0) is 9.26. The Hall–Kier alpha value is -1.56. The molecular formula is C10H10N2O. The Balaban J connectivity index is 2.36. The van der Waals surface area contributed by atoms with Crippen LogP contribution in [0.5, 0.6) is 0 Å². The van der Waals surface area contributed by atoms with Crippen molar-refractivity contribution < 1.29 is 4.79 Å². The lowest BCUT2D eigenvalue weighted by molar-refractivity contribution is -0.121. The number of allylic oxidation sites excluding steroid dienone is 4. The van der Waals surface area contributed by atoms with E-state index in [1.54, 1.807) is 6.08 Å². The number of rotatable bonds is 0. The van der Waals surface area contributed by atoms with Gasteiger partial charge in [0.2, 0.25) is 5.91 Å². The predicted octanol–water partition coefficient (Wildman–Crippen LogP) is 1.25. The number of hydrogen-bond acceptors (Lipinski definition) is 2. The van der Waals surface area contributed by atoms with E-state index in [4.69, 9.17) is 5.26 Å². The van der Waals surface area contributed by atoms with E-state index < -0.39 is 0 Å². The summed E-state index contributed by atoms with van der Waals surface area (Å²) in [5.41, 5.74) is 1.45. The minimum absolute atomic E-state index is 0.0364. The molecule has 3 heteroatoms. The fraction of sp³-hybridized carbons (Fsp3) is 0.400. The summed E-state index contributed by atoms with van der Waals surface area (Å²) >= 11 is 0. The molecule has 66 valence electrons. The van der Waals surface area contributed by atoms with Crippen molar-refractivity contribution >= 4 is 5.91 Å². The normalized spacial score (nSPS) is 26.4. The summed E-state index contributed by atoms with van der Waals surface area (Å²) in [6, 6.07) is 2.10. The number of nitrogens with one attached hydrogen (secondary N) is 1. The Labute approximate surface area is 76.7 Å². The topological polar surface area (TPSA) is 52.9 Å². The average Bonchev–Trinajstić information content (AvgIpc) is 2.17. The van der Waals surface area contributed by atoms with Crippen LogP contribution in [0.2, 0.25) is 0 Å². The number of piperidine rings is 1. The lowest BCUT2D eigenvalue weighted by Crippen LogP contribution is -2.34. The van der Waals surface area contributed by atoms with Crippen LogP contribution in [0.1, 0.15) is 19.3 Å². The highest BCUT2D eigenvalue weighted by Crippen LogP contribution is 2.29. The van der Waals surface area contributed by atoms with Crippen LogP contribution in [-0.2, 0) is 4.79 Å². The van der Waals surface area contributed by atoms with Crippen molar-refractivity contribution in [1.29, 1.82) is 5.26 Å². The zero-order valence-electron chi connectivity index (χ0n) is 7.21. The summed E-state index contributed by atoms with van der Waals surface area (Å²) in [5.74, 6) is 0.395. The summed E-state index contributed by atoms with van der Waals surface area (Å²) in [6.45, 7) is 0. The van der Waals surface area contributed by atoms with E-state index in [-0.39, 0.29) is 5.91 Å².